The van der Waals surface area contributed by atoms with Crippen LogP contribution < -0.4 is 10.2 Å². The summed E-state index contributed by atoms with van der Waals surface area (Å²) < 4.78 is 0. The maximum Gasteiger partial charge on any atom is 0.228 e. The van der Waals surface area contributed by atoms with Crippen LogP contribution >= 0.6 is 0 Å². The lowest BCUT2D eigenvalue weighted by molar-refractivity contribution is -0.115. The van der Waals surface area contributed by atoms with Gasteiger partial charge in [0.05, 0.1) is 6.42 Å². The van der Waals surface area contributed by atoms with Gasteiger partial charge in [0.1, 0.15) is 0 Å². The van der Waals surface area contributed by atoms with E-state index in [1.54, 1.807) is 0 Å². The van der Waals surface area contributed by atoms with Gasteiger partial charge in [0.15, 0.2) is 0 Å². The summed E-state index contributed by atoms with van der Waals surface area (Å²) in [5, 5.41) is 2.93. The molecule has 0 radical (unpaired) electrons. The summed E-state index contributed by atoms with van der Waals surface area (Å²) in [4.78, 5) is 13.9. The number of hydrogen-bond donors (Lipinski definition) is 1. The van der Waals surface area contributed by atoms with Crippen molar-refractivity contribution >= 4 is 23.4 Å². The van der Waals surface area contributed by atoms with Crippen molar-refractivity contribution in [2.45, 2.75) is 20.3 Å². The van der Waals surface area contributed by atoms with E-state index in [1.165, 1.54) is 16.8 Å². The highest BCUT2D eigenvalue weighted by Crippen LogP contribution is 2.39. The number of benzene rings is 1. The number of nitrogens with one attached hydrogen (secondary N) is 1. The number of likely N-dealkylation sites (N-methyl/N-ethyl adjacent to an activating group) is 1. The van der Waals surface area contributed by atoms with Gasteiger partial charge in [-0.05, 0) is 31.0 Å². The third-order valence-electron chi connectivity index (χ3n) is 3.56. The molecule has 2 heterocycles. The normalized spacial score (nSPS) is 16.8. The SMILES string of the molecule is CCN1CC=Cc2c3c(cc(C)c21)NC(=O)C3. The van der Waals surface area contributed by atoms with Crippen LogP contribution in [0.2, 0.25) is 0 Å². The van der Waals surface area contributed by atoms with Gasteiger partial charge in [-0.3, -0.25) is 4.79 Å². The molecule has 1 aromatic carbocycles. The van der Waals surface area contributed by atoms with Gasteiger partial charge in [-0.1, -0.05) is 12.2 Å². The molecule has 0 aromatic heterocycles. The number of carbonyl (C=O) groups excluding carboxylic acids is 1. The first-order valence-corrected chi connectivity index (χ1v) is 6.08. The molecular formula is C14H16N2O. The van der Waals surface area contributed by atoms with E-state index in [1.807, 2.05) is 0 Å². The first kappa shape index (κ1) is 10.4. The van der Waals surface area contributed by atoms with Crippen molar-refractivity contribution in [2.24, 2.45) is 0 Å². The van der Waals surface area contributed by atoms with Crippen LogP contribution in [0.5, 0.6) is 0 Å². The second kappa shape index (κ2) is 3.62. The number of aryl methyl sites for hydroxylation is 1. The van der Waals surface area contributed by atoms with Crippen molar-refractivity contribution in [3.63, 3.8) is 0 Å². The molecule has 3 rings (SSSR count). The summed E-state index contributed by atoms with van der Waals surface area (Å²) in [5.74, 6) is 0.106. The molecule has 1 N–H and O–H groups in total. The van der Waals surface area contributed by atoms with Gasteiger partial charge in [-0.25, -0.2) is 0 Å². The molecule has 0 aliphatic carbocycles. The van der Waals surface area contributed by atoms with Crippen molar-refractivity contribution in [1.29, 1.82) is 0 Å². The average Bonchev–Trinajstić information content (AvgIpc) is 2.69. The third kappa shape index (κ3) is 1.46. The van der Waals surface area contributed by atoms with Crippen LogP contribution in [-0.4, -0.2) is 19.0 Å². The minimum atomic E-state index is 0.106. The van der Waals surface area contributed by atoms with Crippen LogP contribution in [0.15, 0.2) is 12.1 Å². The van der Waals surface area contributed by atoms with Crippen molar-refractivity contribution in [2.75, 3.05) is 23.3 Å². The maximum absolute atomic E-state index is 11.5. The summed E-state index contributed by atoms with van der Waals surface area (Å²) >= 11 is 0. The number of fused-ring (bicyclic) bond motifs is 3. The molecule has 0 unspecified atom stereocenters. The first-order chi connectivity index (χ1) is 8.20. The van der Waals surface area contributed by atoms with Crippen molar-refractivity contribution in [3.05, 3.63) is 28.8 Å². The molecule has 0 spiro atoms. The lowest BCUT2D eigenvalue weighted by Gasteiger charge is -2.30. The predicted octanol–water partition coefficient (Wildman–Crippen LogP) is 2.34. The molecule has 0 saturated carbocycles. The van der Waals surface area contributed by atoms with Gasteiger partial charge in [-0.2, -0.15) is 0 Å². The number of hydrogen-bond acceptors (Lipinski definition) is 2. The highest BCUT2D eigenvalue weighted by atomic mass is 16.1. The Kier molecular flexibility index (Phi) is 2.21. The summed E-state index contributed by atoms with van der Waals surface area (Å²) in [6, 6.07) is 2.10. The topological polar surface area (TPSA) is 32.3 Å². The molecule has 3 heteroatoms. The second-order valence-corrected chi connectivity index (χ2v) is 4.65. The third-order valence-corrected chi connectivity index (χ3v) is 3.56. The Bertz CT molecular complexity index is 532. The van der Waals surface area contributed by atoms with Crippen LogP contribution in [0, 0.1) is 6.92 Å². The van der Waals surface area contributed by atoms with E-state index in [-0.39, 0.29) is 5.91 Å². The number of rotatable bonds is 1. The molecule has 0 bridgehead atoms. The Morgan fingerprint density at radius 1 is 1.47 bits per heavy atom. The lowest BCUT2D eigenvalue weighted by atomic mass is 9.95. The number of anilines is 2. The van der Waals surface area contributed by atoms with Crippen molar-refractivity contribution in [3.8, 4) is 0 Å². The molecule has 2 aliphatic rings. The van der Waals surface area contributed by atoms with Crippen molar-refractivity contribution < 1.29 is 4.79 Å². The maximum atomic E-state index is 11.5. The smallest absolute Gasteiger partial charge is 0.228 e. The Labute approximate surface area is 101 Å². The molecule has 1 amide bonds. The van der Waals surface area contributed by atoms with Crippen LogP contribution in [0.25, 0.3) is 6.08 Å². The fraction of sp³-hybridized carbons (Fsp3) is 0.357. The fourth-order valence-corrected chi connectivity index (χ4v) is 2.80. The van der Waals surface area contributed by atoms with Crippen LogP contribution in [0.1, 0.15) is 23.6 Å². The van der Waals surface area contributed by atoms with E-state index in [9.17, 15) is 4.79 Å². The molecule has 88 valence electrons. The van der Waals surface area contributed by atoms with Gasteiger partial charge in [0.25, 0.3) is 0 Å². The zero-order chi connectivity index (χ0) is 12.0. The molecule has 2 aliphatic heterocycles. The molecule has 3 nitrogen and oxygen atoms in total. The monoisotopic (exact) mass is 228 g/mol. The quantitative estimate of drug-likeness (QED) is 0.800. The molecular weight excluding hydrogens is 212 g/mol. The molecule has 17 heavy (non-hydrogen) atoms. The van der Waals surface area contributed by atoms with E-state index >= 15 is 0 Å². The van der Waals surface area contributed by atoms with E-state index in [0.717, 1.165) is 24.3 Å². The second-order valence-electron chi connectivity index (χ2n) is 4.65. The Hall–Kier alpha value is -1.77. The van der Waals surface area contributed by atoms with E-state index in [0.29, 0.717) is 6.42 Å². The van der Waals surface area contributed by atoms with Crippen LogP contribution in [-0.2, 0) is 11.2 Å². The van der Waals surface area contributed by atoms with Gasteiger partial charge in [0.2, 0.25) is 5.91 Å². The number of carbonyl (C=O) groups is 1. The van der Waals surface area contributed by atoms with Gasteiger partial charge in [0, 0.05) is 30.0 Å². The predicted molar refractivity (Wildman–Crippen MR) is 70.4 cm³/mol. The standard InChI is InChI=1S/C14H16N2O/c1-3-16-6-4-5-10-11-8-13(17)15-12(11)7-9(2)14(10)16/h4-5,7H,3,6,8H2,1-2H3,(H,15,17). The minimum absolute atomic E-state index is 0.106. The van der Waals surface area contributed by atoms with Crippen LogP contribution in [0.3, 0.4) is 0 Å². The van der Waals surface area contributed by atoms with E-state index < -0.39 is 0 Å². The van der Waals surface area contributed by atoms with Gasteiger partial charge >= 0.3 is 0 Å². The lowest BCUT2D eigenvalue weighted by Crippen LogP contribution is -2.26. The highest BCUT2D eigenvalue weighted by molar-refractivity contribution is 6.02. The molecule has 1 aromatic rings. The number of amides is 1. The largest absolute Gasteiger partial charge is 0.367 e. The summed E-state index contributed by atoms with van der Waals surface area (Å²) in [6.45, 7) is 6.24. The van der Waals surface area contributed by atoms with E-state index in [2.05, 4.69) is 42.3 Å². The van der Waals surface area contributed by atoms with Crippen molar-refractivity contribution in [1.82, 2.24) is 0 Å². The minimum Gasteiger partial charge on any atom is -0.367 e. The van der Waals surface area contributed by atoms with E-state index in [4.69, 9.17) is 0 Å². The zero-order valence-electron chi connectivity index (χ0n) is 10.2. The Balaban J connectivity index is 2.24. The molecule has 0 saturated heterocycles. The highest BCUT2D eigenvalue weighted by Gasteiger charge is 2.26. The fourth-order valence-electron chi connectivity index (χ4n) is 2.80. The summed E-state index contributed by atoms with van der Waals surface area (Å²) in [5.41, 5.74) is 5.92. The summed E-state index contributed by atoms with van der Waals surface area (Å²) in [6.07, 6.45) is 4.85. The van der Waals surface area contributed by atoms with Gasteiger partial charge in [-0.15, -0.1) is 0 Å². The number of nitrogens with zero attached hydrogens (tertiary/aromatic N) is 1. The average molecular weight is 228 g/mol. The van der Waals surface area contributed by atoms with Gasteiger partial charge < -0.3 is 10.2 Å². The Morgan fingerprint density at radius 2 is 2.29 bits per heavy atom. The Morgan fingerprint density at radius 3 is 3.06 bits per heavy atom. The molecule has 0 atom stereocenters. The molecule has 0 fully saturated rings. The first-order valence-electron chi connectivity index (χ1n) is 6.08. The van der Waals surface area contributed by atoms with Crippen LogP contribution in [0.4, 0.5) is 11.4 Å². The summed E-state index contributed by atoms with van der Waals surface area (Å²) in [7, 11) is 0. The zero-order valence-corrected chi connectivity index (χ0v) is 10.2.